The van der Waals surface area contributed by atoms with E-state index in [4.69, 9.17) is 11.6 Å². The van der Waals surface area contributed by atoms with Gasteiger partial charge < -0.3 is 10.6 Å². The number of benzene rings is 1. The van der Waals surface area contributed by atoms with Crippen LogP contribution in [0, 0.1) is 0 Å². The second-order valence-electron chi connectivity index (χ2n) is 5.24. The maximum Gasteiger partial charge on any atom is 0.234 e. The Morgan fingerprint density at radius 2 is 1.90 bits per heavy atom. The van der Waals surface area contributed by atoms with Gasteiger partial charge in [-0.2, -0.15) is 0 Å². The molecule has 116 valence electrons. The third-order valence-electron chi connectivity index (χ3n) is 2.73. The number of hydrogen-bond acceptors (Lipinski definition) is 3. The normalized spacial score (nSPS) is 10.8. The van der Waals surface area contributed by atoms with Crippen LogP contribution in [0.1, 0.15) is 20.3 Å². The van der Waals surface area contributed by atoms with Gasteiger partial charge in [0.25, 0.3) is 0 Å². The van der Waals surface area contributed by atoms with E-state index in [1.165, 1.54) is 0 Å². The average Bonchev–Trinajstić information content (AvgIpc) is 2.38. The Morgan fingerprint density at radius 3 is 2.52 bits per heavy atom. The molecule has 0 spiro atoms. The molecular formula is C15H22ClN3O2. The number of amides is 2. The zero-order valence-corrected chi connectivity index (χ0v) is 13.4. The van der Waals surface area contributed by atoms with Gasteiger partial charge in [-0.1, -0.05) is 23.7 Å². The van der Waals surface area contributed by atoms with Crippen molar-refractivity contribution in [2.75, 3.05) is 25.5 Å². The average molecular weight is 312 g/mol. The van der Waals surface area contributed by atoms with Crippen molar-refractivity contribution in [3.05, 3.63) is 29.3 Å². The second-order valence-corrected chi connectivity index (χ2v) is 5.65. The molecule has 0 aromatic heterocycles. The summed E-state index contributed by atoms with van der Waals surface area (Å²) < 4.78 is 0. The number of halogens is 1. The summed E-state index contributed by atoms with van der Waals surface area (Å²) in [5, 5.41) is 6.07. The summed E-state index contributed by atoms with van der Waals surface area (Å²) in [7, 11) is 1.81. The Balaban J connectivity index is 2.33. The number of anilines is 1. The van der Waals surface area contributed by atoms with Crippen molar-refractivity contribution in [1.29, 1.82) is 0 Å². The maximum absolute atomic E-state index is 11.8. The Hall–Kier alpha value is -1.59. The number of likely N-dealkylation sites (N-methyl/N-ethyl adjacent to an activating group) is 1. The lowest BCUT2D eigenvalue weighted by molar-refractivity contribution is -0.123. The largest absolute Gasteiger partial charge is 0.353 e. The summed E-state index contributed by atoms with van der Waals surface area (Å²) >= 11 is 5.97. The number of carbonyl (C=O) groups excluding carboxylic acids is 2. The molecule has 0 atom stereocenters. The highest BCUT2D eigenvalue weighted by atomic mass is 35.5. The van der Waals surface area contributed by atoms with Gasteiger partial charge in [-0.3, -0.25) is 14.5 Å². The molecule has 0 aliphatic carbocycles. The van der Waals surface area contributed by atoms with E-state index in [2.05, 4.69) is 10.6 Å². The molecule has 0 fully saturated rings. The van der Waals surface area contributed by atoms with Crippen molar-refractivity contribution in [3.8, 4) is 0 Å². The summed E-state index contributed by atoms with van der Waals surface area (Å²) in [6.45, 7) is 4.60. The molecular weight excluding hydrogens is 290 g/mol. The molecule has 1 rings (SSSR count). The van der Waals surface area contributed by atoms with Gasteiger partial charge in [-0.15, -0.1) is 0 Å². The van der Waals surface area contributed by atoms with Crippen LogP contribution in [0.4, 0.5) is 5.69 Å². The first-order chi connectivity index (χ1) is 9.88. The van der Waals surface area contributed by atoms with Crippen molar-refractivity contribution in [3.63, 3.8) is 0 Å². The highest BCUT2D eigenvalue weighted by molar-refractivity contribution is 6.33. The van der Waals surface area contributed by atoms with Crippen molar-refractivity contribution in [1.82, 2.24) is 10.2 Å². The van der Waals surface area contributed by atoms with E-state index in [1.807, 2.05) is 31.9 Å². The summed E-state index contributed by atoms with van der Waals surface area (Å²) in [6.07, 6.45) is 0.302. The molecule has 1 aromatic carbocycles. The predicted molar refractivity (Wildman–Crippen MR) is 85.5 cm³/mol. The zero-order chi connectivity index (χ0) is 15.8. The van der Waals surface area contributed by atoms with Gasteiger partial charge >= 0.3 is 0 Å². The Kier molecular flexibility index (Phi) is 7.19. The van der Waals surface area contributed by atoms with Gasteiger partial charge in [0.1, 0.15) is 0 Å². The lowest BCUT2D eigenvalue weighted by Gasteiger charge is -2.17. The predicted octanol–water partition coefficient (Wildman–Crippen LogP) is 2.12. The fraction of sp³-hybridized carbons (Fsp3) is 0.467. The van der Waals surface area contributed by atoms with Crippen LogP contribution in [0.15, 0.2) is 24.3 Å². The smallest absolute Gasteiger partial charge is 0.234 e. The number of rotatable bonds is 7. The van der Waals surface area contributed by atoms with Crippen molar-refractivity contribution < 1.29 is 9.59 Å². The van der Waals surface area contributed by atoms with E-state index >= 15 is 0 Å². The van der Waals surface area contributed by atoms with Gasteiger partial charge in [-0.05, 0) is 33.0 Å². The van der Waals surface area contributed by atoms with Crippen LogP contribution < -0.4 is 10.6 Å². The molecule has 2 amide bonds. The topological polar surface area (TPSA) is 61.4 Å². The monoisotopic (exact) mass is 311 g/mol. The highest BCUT2D eigenvalue weighted by Crippen LogP contribution is 2.20. The molecule has 0 aliphatic heterocycles. The first-order valence-electron chi connectivity index (χ1n) is 6.90. The van der Waals surface area contributed by atoms with Gasteiger partial charge in [-0.25, -0.2) is 0 Å². The number of carbonyl (C=O) groups is 2. The molecule has 0 unspecified atom stereocenters. The highest BCUT2D eigenvalue weighted by Gasteiger charge is 2.10. The van der Waals surface area contributed by atoms with E-state index in [0.29, 0.717) is 23.7 Å². The van der Waals surface area contributed by atoms with Crippen molar-refractivity contribution in [2.45, 2.75) is 26.3 Å². The number of nitrogens with zero attached hydrogens (tertiary/aromatic N) is 1. The molecule has 5 nitrogen and oxygen atoms in total. The van der Waals surface area contributed by atoms with Crippen LogP contribution in [-0.4, -0.2) is 42.9 Å². The standard InChI is InChI=1S/C15H22ClN3O2/c1-11(2)17-15(21)10-19(3)9-8-14(20)18-13-7-5-4-6-12(13)16/h4-7,11H,8-10H2,1-3H3,(H,17,21)(H,18,20). The molecule has 0 heterocycles. The minimum absolute atomic E-state index is 0.0426. The van der Waals surface area contributed by atoms with Crippen LogP contribution >= 0.6 is 11.6 Å². The minimum Gasteiger partial charge on any atom is -0.353 e. The first-order valence-corrected chi connectivity index (χ1v) is 7.28. The molecule has 0 radical (unpaired) electrons. The van der Waals surface area contributed by atoms with Crippen molar-refractivity contribution >= 4 is 29.1 Å². The number of para-hydroxylation sites is 1. The van der Waals surface area contributed by atoms with Gasteiger partial charge in [0, 0.05) is 19.0 Å². The molecule has 21 heavy (non-hydrogen) atoms. The minimum atomic E-state index is -0.126. The third kappa shape index (κ3) is 7.11. The lowest BCUT2D eigenvalue weighted by atomic mass is 10.3. The fourth-order valence-electron chi connectivity index (χ4n) is 1.76. The Morgan fingerprint density at radius 1 is 1.24 bits per heavy atom. The van der Waals surface area contributed by atoms with Crippen molar-refractivity contribution in [2.24, 2.45) is 0 Å². The van der Waals surface area contributed by atoms with Gasteiger partial charge in [0.2, 0.25) is 11.8 Å². The SMILES string of the molecule is CC(C)NC(=O)CN(C)CCC(=O)Nc1ccccc1Cl. The molecule has 0 aliphatic rings. The van der Waals surface area contributed by atoms with Crippen LogP contribution in [0.3, 0.4) is 0 Å². The summed E-state index contributed by atoms with van der Waals surface area (Å²) in [4.78, 5) is 25.2. The zero-order valence-electron chi connectivity index (χ0n) is 12.6. The first kappa shape index (κ1) is 17.5. The molecule has 1 aromatic rings. The van der Waals surface area contributed by atoms with E-state index in [-0.39, 0.29) is 24.4 Å². The van der Waals surface area contributed by atoms with E-state index in [1.54, 1.807) is 18.2 Å². The van der Waals surface area contributed by atoms with Crippen LogP contribution in [-0.2, 0) is 9.59 Å². The van der Waals surface area contributed by atoms with Crippen LogP contribution in [0.5, 0.6) is 0 Å². The lowest BCUT2D eigenvalue weighted by Crippen LogP contribution is -2.39. The fourth-order valence-corrected chi connectivity index (χ4v) is 1.94. The molecule has 0 saturated carbocycles. The van der Waals surface area contributed by atoms with Crippen LogP contribution in [0.25, 0.3) is 0 Å². The Bertz CT molecular complexity index is 492. The quantitative estimate of drug-likeness (QED) is 0.811. The summed E-state index contributed by atoms with van der Waals surface area (Å²) in [5.41, 5.74) is 0.601. The van der Waals surface area contributed by atoms with Crippen LogP contribution in [0.2, 0.25) is 5.02 Å². The van der Waals surface area contributed by atoms with Gasteiger partial charge in [0.15, 0.2) is 0 Å². The number of nitrogens with one attached hydrogen (secondary N) is 2. The molecule has 2 N–H and O–H groups in total. The summed E-state index contributed by atoms with van der Waals surface area (Å²) in [5.74, 6) is -0.168. The van der Waals surface area contributed by atoms with E-state index < -0.39 is 0 Å². The second kappa shape index (κ2) is 8.64. The van der Waals surface area contributed by atoms with E-state index in [9.17, 15) is 9.59 Å². The third-order valence-corrected chi connectivity index (χ3v) is 3.06. The molecule has 6 heteroatoms. The molecule has 0 bridgehead atoms. The summed E-state index contributed by atoms with van der Waals surface area (Å²) in [6, 6.07) is 7.21. The maximum atomic E-state index is 11.8. The Labute approximate surface area is 130 Å². The van der Waals surface area contributed by atoms with E-state index in [0.717, 1.165) is 0 Å². The van der Waals surface area contributed by atoms with Gasteiger partial charge in [0.05, 0.1) is 17.3 Å². The number of hydrogen-bond donors (Lipinski definition) is 2. The molecule has 0 saturated heterocycles.